The second-order valence-corrected chi connectivity index (χ2v) is 4.06. The largest absolute Gasteiger partial charge is 0.292 e. The van der Waals surface area contributed by atoms with Crippen LogP contribution in [0.2, 0.25) is 0 Å². The minimum absolute atomic E-state index is 0.208. The SMILES string of the molecule is CCCN=Cc1scc(Br)c1F. The molecule has 1 aromatic heterocycles. The summed E-state index contributed by atoms with van der Waals surface area (Å²) < 4.78 is 13.6. The van der Waals surface area contributed by atoms with Gasteiger partial charge >= 0.3 is 0 Å². The number of nitrogens with zero attached hydrogens (tertiary/aromatic N) is 1. The molecule has 66 valence electrons. The van der Waals surface area contributed by atoms with Gasteiger partial charge < -0.3 is 0 Å². The van der Waals surface area contributed by atoms with E-state index in [2.05, 4.69) is 20.9 Å². The molecule has 0 radical (unpaired) electrons. The Hall–Kier alpha value is -0.220. The molecule has 0 amide bonds. The van der Waals surface area contributed by atoms with Gasteiger partial charge in [-0.2, -0.15) is 0 Å². The topological polar surface area (TPSA) is 12.4 Å². The van der Waals surface area contributed by atoms with Crippen molar-refractivity contribution < 1.29 is 4.39 Å². The van der Waals surface area contributed by atoms with E-state index in [9.17, 15) is 4.39 Å². The summed E-state index contributed by atoms with van der Waals surface area (Å²) in [6.07, 6.45) is 2.58. The van der Waals surface area contributed by atoms with E-state index in [4.69, 9.17) is 0 Å². The fourth-order valence-electron chi connectivity index (χ4n) is 0.700. The maximum atomic E-state index is 13.1. The van der Waals surface area contributed by atoms with Gasteiger partial charge in [0.1, 0.15) is 0 Å². The van der Waals surface area contributed by atoms with Gasteiger partial charge in [0.2, 0.25) is 0 Å². The van der Waals surface area contributed by atoms with Crippen LogP contribution in [0.4, 0.5) is 4.39 Å². The molecule has 0 aliphatic rings. The molecule has 4 heteroatoms. The van der Waals surface area contributed by atoms with E-state index in [0.29, 0.717) is 9.35 Å². The molecule has 0 saturated heterocycles. The van der Waals surface area contributed by atoms with E-state index in [1.54, 1.807) is 11.6 Å². The normalized spacial score (nSPS) is 11.2. The Morgan fingerprint density at radius 3 is 3.00 bits per heavy atom. The third-order valence-corrected chi connectivity index (χ3v) is 3.05. The molecule has 0 aliphatic heterocycles. The Kier molecular flexibility index (Phi) is 3.88. The first-order chi connectivity index (χ1) is 5.75. The molecule has 0 bridgehead atoms. The van der Waals surface area contributed by atoms with Gasteiger partial charge in [0, 0.05) is 18.1 Å². The summed E-state index contributed by atoms with van der Waals surface area (Å²) in [4.78, 5) is 4.65. The van der Waals surface area contributed by atoms with Gasteiger partial charge in [0.25, 0.3) is 0 Å². The maximum absolute atomic E-state index is 13.1. The van der Waals surface area contributed by atoms with Crippen LogP contribution in [0, 0.1) is 5.82 Å². The van der Waals surface area contributed by atoms with Crippen LogP contribution in [-0.4, -0.2) is 12.8 Å². The van der Waals surface area contributed by atoms with Gasteiger partial charge in [-0.3, -0.25) is 4.99 Å². The Morgan fingerprint density at radius 2 is 2.50 bits per heavy atom. The molecule has 1 rings (SSSR count). The van der Waals surface area contributed by atoms with Crippen molar-refractivity contribution in [1.82, 2.24) is 0 Å². The Bertz CT molecular complexity index is 283. The predicted octanol–water partition coefficient (Wildman–Crippen LogP) is 3.48. The molecule has 0 fully saturated rings. The average Bonchev–Trinajstić information content (AvgIpc) is 2.36. The lowest BCUT2D eigenvalue weighted by molar-refractivity contribution is 0.625. The van der Waals surface area contributed by atoms with Crippen LogP contribution in [0.5, 0.6) is 0 Å². The zero-order valence-corrected chi connectivity index (χ0v) is 9.08. The Labute approximate surface area is 83.5 Å². The zero-order valence-electron chi connectivity index (χ0n) is 6.68. The molecular weight excluding hydrogens is 241 g/mol. The van der Waals surface area contributed by atoms with Gasteiger partial charge in [-0.25, -0.2) is 4.39 Å². The van der Waals surface area contributed by atoms with Crippen molar-refractivity contribution >= 4 is 33.5 Å². The lowest BCUT2D eigenvalue weighted by Gasteiger charge is -1.87. The van der Waals surface area contributed by atoms with Crippen molar-refractivity contribution in [2.75, 3.05) is 6.54 Å². The molecule has 0 aliphatic carbocycles. The number of halogens is 2. The monoisotopic (exact) mass is 249 g/mol. The zero-order chi connectivity index (χ0) is 8.97. The summed E-state index contributed by atoms with van der Waals surface area (Å²) in [5, 5.41) is 1.72. The van der Waals surface area contributed by atoms with Gasteiger partial charge in [0.15, 0.2) is 5.82 Å². The van der Waals surface area contributed by atoms with Crippen LogP contribution in [0.3, 0.4) is 0 Å². The minimum Gasteiger partial charge on any atom is -0.292 e. The minimum atomic E-state index is -0.208. The second-order valence-electron chi connectivity index (χ2n) is 2.30. The Balaban J connectivity index is 2.69. The molecule has 0 aromatic carbocycles. The van der Waals surface area contributed by atoms with Crippen molar-refractivity contribution in [1.29, 1.82) is 0 Å². The van der Waals surface area contributed by atoms with Crippen molar-refractivity contribution in [2.24, 2.45) is 4.99 Å². The maximum Gasteiger partial charge on any atom is 0.156 e. The number of aliphatic imine (C=N–C) groups is 1. The molecule has 12 heavy (non-hydrogen) atoms. The van der Waals surface area contributed by atoms with Gasteiger partial charge in [-0.15, -0.1) is 11.3 Å². The summed E-state index contributed by atoms with van der Waals surface area (Å²) in [5.74, 6) is -0.208. The van der Waals surface area contributed by atoms with Gasteiger partial charge in [0.05, 0.1) is 9.35 Å². The van der Waals surface area contributed by atoms with Crippen molar-refractivity contribution in [3.05, 3.63) is 20.5 Å². The molecule has 0 spiro atoms. The number of hydrogen-bond donors (Lipinski definition) is 0. The summed E-state index contributed by atoms with van der Waals surface area (Å²) >= 11 is 4.45. The quantitative estimate of drug-likeness (QED) is 0.728. The highest BCUT2D eigenvalue weighted by Crippen LogP contribution is 2.23. The van der Waals surface area contributed by atoms with E-state index in [1.807, 2.05) is 6.92 Å². The summed E-state index contributed by atoms with van der Waals surface area (Å²) in [5.41, 5.74) is 0. The standard InChI is InChI=1S/C8H9BrFNS/c1-2-3-11-4-7-8(10)6(9)5-12-7/h4-5H,2-3H2,1H3. The molecule has 0 N–H and O–H groups in total. The van der Waals surface area contributed by atoms with Crippen LogP contribution in [0.25, 0.3) is 0 Å². The van der Waals surface area contributed by atoms with Crippen LogP contribution >= 0.6 is 27.3 Å². The highest BCUT2D eigenvalue weighted by molar-refractivity contribution is 9.10. The molecule has 1 aromatic rings. The summed E-state index contributed by atoms with van der Waals surface area (Å²) in [7, 11) is 0. The van der Waals surface area contributed by atoms with E-state index >= 15 is 0 Å². The molecule has 0 saturated carbocycles. The molecule has 0 atom stereocenters. The van der Waals surface area contributed by atoms with Gasteiger partial charge in [-0.1, -0.05) is 6.92 Å². The predicted molar refractivity (Wildman–Crippen MR) is 54.7 cm³/mol. The van der Waals surface area contributed by atoms with Crippen LogP contribution in [-0.2, 0) is 0 Å². The number of rotatable bonds is 3. The summed E-state index contributed by atoms with van der Waals surface area (Å²) in [6, 6.07) is 0. The third-order valence-electron chi connectivity index (χ3n) is 1.28. The number of hydrogen-bond acceptors (Lipinski definition) is 2. The highest BCUT2D eigenvalue weighted by atomic mass is 79.9. The molecule has 1 heterocycles. The van der Waals surface area contributed by atoms with Crippen LogP contribution in [0.15, 0.2) is 14.8 Å². The number of thiophene rings is 1. The average molecular weight is 250 g/mol. The fourth-order valence-corrected chi connectivity index (χ4v) is 2.01. The lowest BCUT2D eigenvalue weighted by atomic mass is 10.4. The first kappa shape index (κ1) is 9.86. The van der Waals surface area contributed by atoms with Crippen LogP contribution < -0.4 is 0 Å². The van der Waals surface area contributed by atoms with E-state index in [-0.39, 0.29) is 5.82 Å². The smallest absolute Gasteiger partial charge is 0.156 e. The first-order valence-corrected chi connectivity index (χ1v) is 5.35. The second kappa shape index (κ2) is 4.72. The Morgan fingerprint density at radius 1 is 1.75 bits per heavy atom. The molecule has 1 nitrogen and oxygen atoms in total. The van der Waals surface area contributed by atoms with Gasteiger partial charge in [-0.05, 0) is 22.4 Å². The molecular formula is C8H9BrFNS. The van der Waals surface area contributed by atoms with Crippen molar-refractivity contribution in [3.63, 3.8) is 0 Å². The van der Waals surface area contributed by atoms with Crippen molar-refractivity contribution in [3.8, 4) is 0 Å². The fraction of sp³-hybridized carbons (Fsp3) is 0.375. The van der Waals surface area contributed by atoms with Crippen molar-refractivity contribution in [2.45, 2.75) is 13.3 Å². The lowest BCUT2D eigenvalue weighted by Crippen LogP contribution is -1.82. The molecule has 0 unspecified atom stereocenters. The van der Waals surface area contributed by atoms with E-state index < -0.39 is 0 Å². The summed E-state index contributed by atoms with van der Waals surface area (Å²) in [6.45, 7) is 2.80. The van der Waals surface area contributed by atoms with E-state index in [0.717, 1.165) is 13.0 Å². The van der Waals surface area contributed by atoms with E-state index in [1.165, 1.54) is 11.3 Å². The third kappa shape index (κ3) is 2.38. The first-order valence-electron chi connectivity index (χ1n) is 3.68. The highest BCUT2D eigenvalue weighted by Gasteiger charge is 2.05. The van der Waals surface area contributed by atoms with Crippen LogP contribution in [0.1, 0.15) is 18.2 Å².